The number of aromatic nitrogens is 3. The summed E-state index contributed by atoms with van der Waals surface area (Å²) in [5.74, 6) is 0.713. The second-order valence-electron chi connectivity index (χ2n) is 7.92. The largest absolute Gasteiger partial charge is 0.496 e. The van der Waals surface area contributed by atoms with Gasteiger partial charge in [-0.25, -0.2) is 9.78 Å². The molecule has 1 aromatic heterocycles. The first-order valence-electron chi connectivity index (χ1n) is 11.7. The molecule has 198 valence electrons. The van der Waals surface area contributed by atoms with Gasteiger partial charge < -0.3 is 19.3 Å². The Hall–Kier alpha value is -4.46. The van der Waals surface area contributed by atoms with E-state index in [4.69, 9.17) is 25.8 Å². The molecule has 0 aliphatic heterocycles. The average Bonchev–Trinajstić information content (AvgIpc) is 3.41. The van der Waals surface area contributed by atoms with Crippen LogP contribution in [0.2, 0.25) is 5.02 Å². The van der Waals surface area contributed by atoms with E-state index in [0.29, 0.717) is 51.4 Å². The Bertz CT molecular complexity index is 1560. The average molecular weight is 563 g/mol. The summed E-state index contributed by atoms with van der Waals surface area (Å²) in [6.45, 7) is 2.40. The SMILES string of the molecule is CCOc1cc(/C=C(\Sc2n[nH]c(-c3cc(Cl)ccc3OC)n2)C(=O)O)ccc1OCc1ccccc1C#N. The van der Waals surface area contributed by atoms with Crippen molar-refractivity contribution in [1.29, 1.82) is 5.26 Å². The summed E-state index contributed by atoms with van der Waals surface area (Å²) >= 11 is 7.01. The summed E-state index contributed by atoms with van der Waals surface area (Å²) in [4.78, 5) is 16.5. The fraction of sp³-hybridized carbons (Fsp3) is 0.143. The lowest BCUT2D eigenvalue weighted by Gasteiger charge is -2.13. The van der Waals surface area contributed by atoms with Gasteiger partial charge in [-0.1, -0.05) is 35.9 Å². The maximum Gasteiger partial charge on any atom is 0.342 e. The van der Waals surface area contributed by atoms with Crippen molar-refractivity contribution in [1.82, 2.24) is 15.2 Å². The molecule has 2 N–H and O–H groups in total. The Labute approximate surface area is 234 Å². The number of aliphatic carboxylic acids is 1. The van der Waals surface area contributed by atoms with Crippen molar-refractivity contribution < 1.29 is 24.1 Å². The van der Waals surface area contributed by atoms with Crippen LogP contribution >= 0.6 is 23.4 Å². The van der Waals surface area contributed by atoms with Gasteiger partial charge in [0.25, 0.3) is 0 Å². The van der Waals surface area contributed by atoms with Gasteiger partial charge in [0.1, 0.15) is 17.3 Å². The van der Waals surface area contributed by atoms with Crippen LogP contribution in [0.25, 0.3) is 17.5 Å². The number of benzene rings is 3. The smallest absolute Gasteiger partial charge is 0.342 e. The van der Waals surface area contributed by atoms with E-state index in [1.54, 1.807) is 48.5 Å². The van der Waals surface area contributed by atoms with Gasteiger partial charge in [0, 0.05) is 10.6 Å². The Balaban J connectivity index is 1.56. The zero-order chi connectivity index (χ0) is 27.8. The second-order valence-corrected chi connectivity index (χ2v) is 9.37. The fourth-order valence-electron chi connectivity index (χ4n) is 3.58. The van der Waals surface area contributed by atoms with Gasteiger partial charge in [-0.2, -0.15) is 5.26 Å². The molecule has 0 amide bonds. The Kier molecular flexibility index (Phi) is 9.10. The molecule has 0 saturated heterocycles. The number of carboxylic acid groups (broad SMARTS) is 1. The summed E-state index contributed by atoms with van der Waals surface area (Å²) < 4.78 is 17.0. The molecule has 4 aromatic rings. The first-order valence-corrected chi connectivity index (χ1v) is 12.9. The number of carboxylic acids is 1. The van der Waals surface area contributed by atoms with Crippen LogP contribution < -0.4 is 14.2 Å². The monoisotopic (exact) mass is 562 g/mol. The predicted octanol–water partition coefficient (Wildman–Crippen LogP) is 6.20. The highest BCUT2D eigenvalue weighted by molar-refractivity contribution is 8.04. The maximum absolute atomic E-state index is 12.1. The molecule has 0 radical (unpaired) electrons. The van der Waals surface area contributed by atoms with Crippen LogP contribution in [0, 0.1) is 11.3 Å². The summed E-state index contributed by atoms with van der Waals surface area (Å²) in [5, 5.41) is 26.8. The fourth-order valence-corrected chi connectivity index (χ4v) is 4.45. The molecule has 1 heterocycles. The highest BCUT2D eigenvalue weighted by Gasteiger charge is 2.17. The van der Waals surface area contributed by atoms with Crippen LogP contribution in [0.15, 0.2) is 70.7 Å². The van der Waals surface area contributed by atoms with Crippen molar-refractivity contribution in [3.8, 4) is 34.7 Å². The van der Waals surface area contributed by atoms with E-state index in [1.807, 2.05) is 19.1 Å². The van der Waals surface area contributed by atoms with E-state index in [1.165, 1.54) is 13.2 Å². The first kappa shape index (κ1) is 27.6. The number of aromatic amines is 1. The molecule has 0 saturated carbocycles. The third kappa shape index (κ3) is 6.90. The molecule has 0 unspecified atom stereocenters. The molecule has 0 fully saturated rings. The van der Waals surface area contributed by atoms with Crippen LogP contribution in [-0.2, 0) is 11.4 Å². The molecule has 0 bridgehead atoms. The lowest BCUT2D eigenvalue weighted by Crippen LogP contribution is -2.02. The number of nitrogens with one attached hydrogen (secondary N) is 1. The highest BCUT2D eigenvalue weighted by atomic mass is 35.5. The van der Waals surface area contributed by atoms with Crippen molar-refractivity contribution in [2.45, 2.75) is 18.7 Å². The minimum Gasteiger partial charge on any atom is -0.496 e. The summed E-state index contributed by atoms with van der Waals surface area (Å²) in [7, 11) is 1.53. The molecular weight excluding hydrogens is 540 g/mol. The van der Waals surface area contributed by atoms with Gasteiger partial charge in [-0.05, 0) is 66.7 Å². The molecule has 39 heavy (non-hydrogen) atoms. The Morgan fingerprint density at radius 2 is 1.92 bits per heavy atom. The standard InChI is InChI=1S/C28H23ClN4O5S/c1-3-37-24-12-17(8-10-23(24)38-16-19-7-5-4-6-18(19)15-30)13-25(27(34)35)39-28-31-26(32-33-28)21-14-20(29)9-11-22(21)36-2/h4-14H,3,16H2,1-2H3,(H,34,35)(H,31,32,33)/b25-13-. The summed E-state index contributed by atoms with van der Waals surface area (Å²) in [5.41, 5.74) is 2.46. The first-order chi connectivity index (χ1) is 18.9. The second kappa shape index (κ2) is 12.9. The van der Waals surface area contributed by atoms with Gasteiger partial charge in [0.05, 0.1) is 30.9 Å². The molecule has 3 aromatic carbocycles. The van der Waals surface area contributed by atoms with Crippen LogP contribution in [0.4, 0.5) is 0 Å². The van der Waals surface area contributed by atoms with E-state index < -0.39 is 5.97 Å². The predicted molar refractivity (Wildman–Crippen MR) is 148 cm³/mol. The van der Waals surface area contributed by atoms with Crippen LogP contribution in [0.5, 0.6) is 17.2 Å². The highest BCUT2D eigenvalue weighted by Crippen LogP contribution is 2.34. The van der Waals surface area contributed by atoms with E-state index in [0.717, 1.165) is 17.3 Å². The zero-order valence-corrected chi connectivity index (χ0v) is 22.5. The zero-order valence-electron chi connectivity index (χ0n) is 21.0. The Morgan fingerprint density at radius 3 is 2.67 bits per heavy atom. The topological polar surface area (TPSA) is 130 Å². The third-order valence-electron chi connectivity index (χ3n) is 5.38. The minimum atomic E-state index is -1.14. The lowest BCUT2D eigenvalue weighted by molar-refractivity contribution is -0.131. The van der Waals surface area contributed by atoms with Crippen LogP contribution in [-0.4, -0.2) is 40.0 Å². The van der Waals surface area contributed by atoms with Gasteiger partial charge in [0.15, 0.2) is 17.3 Å². The van der Waals surface area contributed by atoms with E-state index >= 15 is 0 Å². The molecule has 0 aliphatic carbocycles. The van der Waals surface area contributed by atoms with Crippen molar-refractivity contribution in [3.63, 3.8) is 0 Å². The van der Waals surface area contributed by atoms with E-state index in [2.05, 4.69) is 21.3 Å². The molecular formula is C28H23ClN4O5S. The van der Waals surface area contributed by atoms with Gasteiger partial charge in [-0.3, -0.25) is 5.10 Å². The maximum atomic E-state index is 12.1. The molecule has 0 spiro atoms. The van der Waals surface area contributed by atoms with Gasteiger partial charge in [-0.15, -0.1) is 5.10 Å². The number of H-pyrrole nitrogens is 1. The van der Waals surface area contributed by atoms with Crippen LogP contribution in [0.3, 0.4) is 0 Å². The van der Waals surface area contributed by atoms with Crippen molar-refractivity contribution >= 4 is 35.4 Å². The third-order valence-corrected chi connectivity index (χ3v) is 6.49. The van der Waals surface area contributed by atoms with E-state index in [-0.39, 0.29) is 16.7 Å². The van der Waals surface area contributed by atoms with Crippen LogP contribution in [0.1, 0.15) is 23.6 Å². The molecule has 9 nitrogen and oxygen atoms in total. The van der Waals surface area contributed by atoms with Crippen molar-refractivity contribution in [3.05, 3.63) is 87.3 Å². The number of hydrogen-bond donors (Lipinski definition) is 2. The van der Waals surface area contributed by atoms with Gasteiger partial charge >= 0.3 is 5.97 Å². The number of methoxy groups -OCH3 is 1. The van der Waals surface area contributed by atoms with Crippen molar-refractivity contribution in [2.75, 3.05) is 13.7 Å². The Morgan fingerprint density at radius 1 is 1.13 bits per heavy atom. The number of carbonyl (C=O) groups is 1. The normalized spacial score (nSPS) is 11.1. The minimum absolute atomic E-state index is 0.00215. The molecule has 0 atom stereocenters. The molecule has 11 heteroatoms. The van der Waals surface area contributed by atoms with E-state index in [9.17, 15) is 15.2 Å². The number of ether oxygens (including phenoxy) is 3. The quantitative estimate of drug-likeness (QED) is 0.162. The number of halogens is 1. The summed E-state index contributed by atoms with van der Waals surface area (Å²) in [6.07, 6.45) is 1.50. The molecule has 4 rings (SSSR count). The number of hydrogen-bond acceptors (Lipinski definition) is 8. The number of rotatable bonds is 11. The number of thioether (sulfide) groups is 1. The number of nitrogens with zero attached hydrogens (tertiary/aromatic N) is 3. The number of nitriles is 1. The van der Waals surface area contributed by atoms with Crippen molar-refractivity contribution in [2.24, 2.45) is 0 Å². The lowest BCUT2D eigenvalue weighted by atomic mass is 10.1. The molecule has 0 aliphatic rings. The van der Waals surface area contributed by atoms with Gasteiger partial charge in [0.2, 0.25) is 5.16 Å². The summed E-state index contributed by atoms with van der Waals surface area (Å²) in [6, 6.07) is 19.5.